The molecule has 0 aliphatic heterocycles. The average molecular weight is 186 g/mol. The quantitative estimate of drug-likeness (QED) is 0.677. The maximum absolute atomic E-state index is 11.3. The third kappa shape index (κ3) is 2.99. The summed E-state index contributed by atoms with van der Waals surface area (Å²) in [6.45, 7) is 2.56. The van der Waals surface area contributed by atoms with Crippen molar-refractivity contribution in [2.75, 3.05) is 13.2 Å². The Labute approximate surface area is 79.1 Å². The molecule has 13 heavy (non-hydrogen) atoms. The fraction of sp³-hybridized carbons (Fsp3) is 0.900. The number of aliphatic hydroxyl groups is 1. The van der Waals surface area contributed by atoms with Gasteiger partial charge in [0.2, 0.25) is 0 Å². The minimum absolute atomic E-state index is 0.0566. The van der Waals surface area contributed by atoms with Crippen molar-refractivity contribution in [1.82, 2.24) is 0 Å². The lowest BCUT2D eigenvalue weighted by atomic mass is 9.82. The molecule has 0 aromatic carbocycles. The topological polar surface area (TPSA) is 46.5 Å². The van der Waals surface area contributed by atoms with Gasteiger partial charge in [0, 0.05) is 6.61 Å². The van der Waals surface area contributed by atoms with Gasteiger partial charge >= 0.3 is 5.97 Å². The van der Waals surface area contributed by atoms with Gasteiger partial charge in [-0.15, -0.1) is 0 Å². The molecule has 1 fully saturated rings. The maximum Gasteiger partial charge on any atom is 0.308 e. The lowest BCUT2D eigenvalue weighted by Gasteiger charge is -2.25. The lowest BCUT2D eigenvalue weighted by Crippen LogP contribution is -2.24. The highest BCUT2D eigenvalue weighted by Crippen LogP contribution is 2.29. The molecule has 3 heteroatoms. The molecule has 1 aliphatic carbocycles. The Hall–Kier alpha value is -0.570. The summed E-state index contributed by atoms with van der Waals surface area (Å²) in [5, 5.41) is 8.90. The van der Waals surface area contributed by atoms with Crippen molar-refractivity contribution in [3.05, 3.63) is 0 Å². The number of hydrogen-bond acceptors (Lipinski definition) is 3. The number of rotatable bonds is 3. The largest absolute Gasteiger partial charge is 0.466 e. The summed E-state index contributed by atoms with van der Waals surface area (Å²) in [4.78, 5) is 11.3. The van der Waals surface area contributed by atoms with Crippen molar-refractivity contribution < 1.29 is 14.6 Å². The van der Waals surface area contributed by atoms with Crippen LogP contribution in [0.3, 0.4) is 0 Å². The number of ether oxygens (including phenoxy) is 1. The fourth-order valence-electron chi connectivity index (χ4n) is 1.84. The molecular formula is C10H18O3. The maximum atomic E-state index is 11.3. The second kappa shape index (κ2) is 5.22. The molecule has 0 heterocycles. The highest BCUT2D eigenvalue weighted by Gasteiger charge is 2.26. The van der Waals surface area contributed by atoms with E-state index >= 15 is 0 Å². The molecule has 0 spiro atoms. The van der Waals surface area contributed by atoms with Crippen molar-refractivity contribution in [3.63, 3.8) is 0 Å². The van der Waals surface area contributed by atoms with Gasteiger partial charge in [-0.1, -0.05) is 0 Å². The minimum Gasteiger partial charge on any atom is -0.466 e. The Morgan fingerprint density at radius 3 is 2.46 bits per heavy atom. The van der Waals surface area contributed by atoms with E-state index in [-0.39, 0.29) is 18.5 Å². The molecule has 1 aliphatic rings. The Balaban J connectivity index is 2.28. The van der Waals surface area contributed by atoms with Crippen LogP contribution in [-0.4, -0.2) is 24.3 Å². The van der Waals surface area contributed by atoms with Crippen LogP contribution in [0.1, 0.15) is 32.6 Å². The van der Waals surface area contributed by atoms with Crippen molar-refractivity contribution >= 4 is 5.97 Å². The number of hydrogen-bond donors (Lipinski definition) is 1. The number of esters is 1. The molecule has 0 aromatic heterocycles. The molecule has 0 saturated heterocycles. The van der Waals surface area contributed by atoms with E-state index in [1.54, 1.807) is 0 Å². The second-order valence-electron chi connectivity index (χ2n) is 3.65. The molecule has 0 aromatic rings. The summed E-state index contributed by atoms with van der Waals surface area (Å²) in [6, 6.07) is 0. The van der Waals surface area contributed by atoms with Crippen LogP contribution in [0.5, 0.6) is 0 Å². The lowest BCUT2D eigenvalue weighted by molar-refractivity contribution is -0.149. The third-order valence-electron chi connectivity index (χ3n) is 2.72. The smallest absolute Gasteiger partial charge is 0.308 e. The zero-order chi connectivity index (χ0) is 9.68. The Kier molecular flexibility index (Phi) is 4.22. The molecule has 0 atom stereocenters. The molecule has 1 rings (SSSR count). The van der Waals surface area contributed by atoms with Gasteiger partial charge in [-0.25, -0.2) is 0 Å². The predicted octanol–water partition coefficient (Wildman–Crippen LogP) is 1.35. The second-order valence-corrected chi connectivity index (χ2v) is 3.65. The Morgan fingerprint density at radius 2 is 2.00 bits per heavy atom. The first-order valence-corrected chi connectivity index (χ1v) is 5.05. The van der Waals surface area contributed by atoms with E-state index in [1.165, 1.54) is 0 Å². The highest BCUT2D eigenvalue weighted by molar-refractivity contribution is 5.72. The van der Waals surface area contributed by atoms with E-state index in [9.17, 15) is 4.79 Å². The van der Waals surface area contributed by atoms with Crippen LogP contribution in [-0.2, 0) is 9.53 Å². The van der Waals surface area contributed by atoms with Crippen molar-refractivity contribution in [2.24, 2.45) is 11.8 Å². The molecule has 76 valence electrons. The van der Waals surface area contributed by atoms with Crippen molar-refractivity contribution in [3.8, 4) is 0 Å². The molecule has 0 radical (unpaired) electrons. The van der Waals surface area contributed by atoms with Gasteiger partial charge in [-0.3, -0.25) is 4.79 Å². The molecule has 0 amide bonds. The summed E-state index contributed by atoms with van der Waals surface area (Å²) >= 11 is 0. The molecule has 3 nitrogen and oxygen atoms in total. The van der Waals surface area contributed by atoms with Gasteiger partial charge in [-0.05, 0) is 38.5 Å². The van der Waals surface area contributed by atoms with Crippen LogP contribution in [0.15, 0.2) is 0 Å². The number of aliphatic hydroxyl groups excluding tert-OH is 1. The zero-order valence-corrected chi connectivity index (χ0v) is 8.16. The van der Waals surface area contributed by atoms with Gasteiger partial charge < -0.3 is 9.84 Å². The third-order valence-corrected chi connectivity index (χ3v) is 2.72. The molecular weight excluding hydrogens is 168 g/mol. The van der Waals surface area contributed by atoms with Gasteiger partial charge in [-0.2, -0.15) is 0 Å². The summed E-state index contributed by atoms with van der Waals surface area (Å²) in [5.74, 6) is 0.437. The SMILES string of the molecule is CCOC(=O)[C@H]1CC[C@@H](CO)CC1. The van der Waals surface area contributed by atoms with E-state index < -0.39 is 0 Å². The molecule has 1 N–H and O–H groups in total. The molecule has 1 saturated carbocycles. The first kappa shape index (κ1) is 10.5. The van der Waals surface area contributed by atoms with Crippen LogP contribution < -0.4 is 0 Å². The number of carbonyl (C=O) groups excluding carboxylic acids is 1. The monoisotopic (exact) mass is 186 g/mol. The standard InChI is InChI=1S/C10H18O3/c1-2-13-10(12)9-5-3-8(7-11)4-6-9/h8-9,11H,2-7H2,1H3/t8-,9+. The van der Waals surface area contributed by atoms with E-state index in [0.29, 0.717) is 12.5 Å². The molecule has 0 bridgehead atoms. The minimum atomic E-state index is -0.0566. The van der Waals surface area contributed by atoms with Gasteiger partial charge in [0.25, 0.3) is 0 Å². The van der Waals surface area contributed by atoms with Gasteiger partial charge in [0.15, 0.2) is 0 Å². The van der Waals surface area contributed by atoms with E-state index in [2.05, 4.69) is 0 Å². The van der Waals surface area contributed by atoms with Crippen LogP contribution in [0.2, 0.25) is 0 Å². The first-order chi connectivity index (χ1) is 6.27. The summed E-state index contributed by atoms with van der Waals surface area (Å²) in [6.07, 6.45) is 3.67. The number of carbonyl (C=O) groups is 1. The highest BCUT2D eigenvalue weighted by atomic mass is 16.5. The van der Waals surface area contributed by atoms with Crippen LogP contribution in [0.4, 0.5) is 0 Å². The molecule has 0 unspecified atom stereocenters. The Morgan fingerprint density at radius 1 is 1.38 bits per heavy atom. The van der Waals surface area contributed by atoms with Gasteiger partial charge in [0.1, 0.15) is 0 Å². The summed E-state index contributed by atoms with van der Waals surface area (Å²) < 4.78 is 4.95. The predicted molar refractivity (Wildman–Crippen MR) is 49.2 cm³/mol. The van der Waals surface area contributed by atoms with Crippen molar-refractivity contribution in [2.45, 2.75) is 32.6 Å². The van der Waals surface area contributed by atoms with Gasteiger partial charge in [0.05, 0.1) is 12.5 Å². The summed E-state index contributed by atoms with van der Waals surface area (Å²) in [5.41, 5.74) is 0. The Bertz CT molecular complexity index is 160. The van der Waals surface area contributed by atoms with Crippen molar-refractivity contribution in [1.29, 1.82) is 0 Å². The summed E-state index contributed by atoms with van der Waals surface area (Å²) in [7, 11) is 0. The fourth-order valence-corrected chi connectivity index (χ4v) is 1.84. The first-order valence-electron chi connectivity index (χ1n) is 5.05. The average Bonchev–Trinajstić information content (AvgIpc) is 2.18. The van der Waals surface area contributed by atoms with E-state index in [4.69, 9.17) is 9.84 Å². The van der Waals surface area contributed by atoms with E-state index in [0.717, 1.165) is 25.7 Å². The van der Waals surface area contributed by atoms with E-state index in [1.807, 2.05) is 6.92 Å². The van der Waals surface area contributed by atoms with Crippen LogP contribution >= 0.6 is 0 Å². The normalized spacial score (nSPS) is 28.5. The zero-order valence-electron chi connectivity index (χ0n) is 8.16. The van der Waals surface area contributed by atoms with Crippen LogP contribution in [0.25, 0.3) is 0 Å². The van der Waals surface area contributed by atoms with Crippen LogP contribution in [0, 0.1) is 11.8 Å².